The van der Waals surface area contributed by atoms with Gasteiger partial charge in [0.05, 0.1) is 0 Å². The fourth-order valence-electron chi connectivity index (χ4n) is 1.84. The highest BCUT2D eigenvalue weighted by Gasteiger charge is 2.26. The zero-order chi connectivity index (χ0) is 13.4. The summed E-state index contributed by atoms with van der Waals surface area (Å²) in [5.74, 6) is 0. The van der Waals surface area contributed by atoms with Crippen molar-refractivity contribution in [3.8, 4) is 0 Å². The van der Waals surface area contributed by atoms with E-state index >= 15 is 0 Å². The van der Waals surface area contributed by atoms with Crippen molar-refractivity contribution in [2.75, 3.05) is 0 Å². The molecule has 94 valence electrons. The molecule has 0 N–H and O–H groups in total. The Morgan fingerprint density at radius 3 is 1.53 bits per heavy atom. The van der Waals surface area contributed by atoms with Crippen LogP contribution in [0.25, 0.3) is 0 Å². The average Bonchev–Trinajstić information content (AvgIpc) is 2.13. The Morgan fingerprint density at radius 2 is 1.29 bits per heavy atom. The van der Waals surface area contributed by atoms with Crippen LogP contribution in [0.4, 0.5) is 5.69 Å². The van der Waals surface area contributed by atoms with Gasteiger partial charge in [0.1, 0.15) is 5.69 Å². The largest absolute Gasteiger partial charge is 0.145 e. The van der Waals surface area contributed by atoms with Crippen molar-refractivity contribution in [1.29, 1.82) is 0 Å². The van der Waals surface area contributed by atoms with E-state index in [0.29, 0.717) is 5.69 Å². The highest BCUT2D eigenvalue weighted by atomic mass is 79.9. The third-order valence-corrected chi connectivity index (χ3v) is 3.24. The van der Waals surface area contributed by atoms with Gasteiger partial charge in [0.2, 0.25) is 0 Å². The Balaban J connectivity index is 3.64. The molecule has 3 heteroatoms. The first-order valence-corrected chi connectivity index (χ1v) is 6.54. The number of rotatable bonds is 1. The number of nitroso groups, excluding NO2 is 1. The third-order valence-electron chi connectivity index (χ3n) is 2.78. The molecule has 0 spiro atoms. The van der Waals surface area contributed by atoms with Crippen LogP contribution in [0.5, 0.6) is 0 Å². The van der Waals surface area contributed by atoms with Crippen LogP contribution >= 0.6 is 15.9 Å². The first-order chi connectivity index (χ1) is 7.57. The Labute approximate surface area is 112 Å². The van der Waals surface area contributed by atoms with E-state index in [9.17, 15) is 4.91 Å². The second-order valence-electron chi connectivity index (χ2n) is 6.44. The molecule has 1 rings (SSSR count). The molecule has 0 saturated carbocycles. The highest BCUT2D eigenvalue weighted by Crippen LogP contribution is 2.41. The zero-order valence-electron chi connectivity index (χ0n) is 11.4. The number of nitrogens with zero attached hydrogens (tertiary/aromatic N) is 1. The topological polar surface area (TPSA) is 29.4 Å². The Morgan fingerprint density at radius 1 is 0.941 bits per heavy atom. The third kappa shape index (κ3) is 3.15. The van der Waals surface area contributed by atoms with E-state index < -0.39 is 0 Å². The summed E-state index contributed by atoms with van der Waals surface area (Å²) >= 11 is 3.52. The van der Waals surface area contributed by atoms with Crippen molar-refractivity contribution in [2.24, 2.45) is 5.18 Å². The first kappa shape index (κ1) is 14.4. The molecule has 0 atom stereocenters. The van der Waals surface area contributed by atoms with Crippen LogP contribution in [-0.2, 0) is 10.8 Å². The van der Waals surface area contributed by atoms with Gasteiger partial charge in [-0.3, -0.25) is 0 Å². The molecule has 0 aliphatic carbocycles. The van der Waals surface area contributed by atoms with Gasteiger partial charge in [0, 0.05) is 4.47 Å². The average molecular weight is 298 g/mol. The summed E-state index contributed by atoms with van der Waals surface area (Å²) < 4.78 is 1.000. The van der Waals surface area contributed by atoms with Crippen LogP contribution in [0.1, 0.15) is 52.7 Å². The molecular formula is C14H20BrNO. The van der Waals surface area contributed by atoms with Gasteiger partial charge < -0.3 is 0 Å². The Kier molecular flexibility index (Phi) is 3.82. The van der Waals surface area contributed by atoms with Gasteiger partial charge in [0.15, 0.2) is 0 Å². The summed E-state index contributed by atoms with van der Waals surface area (Å²) in [4.78, 5) is 11.2. The quantitative estimate of drug-likeness (QED) is 0.634. The van der Waals surface area contributed by atoms with Crippen molar-refractivity contribution in [3.05, 3.63) is 32.6 Å². The van der Waals surface area contributed by atoms with Crippen LogP contribution in [0.2, 0.25) is 0 Å². The molecule has 0 unspecified atom stereocenters. The van der Waals surface area contributed by atoms with Crippen molar-refractivity contribution in [2.45, 2.75) is 52.4 Å². The number of halogens is 1. The molecule has 0 amide bonds. The lowest BCUT2D eigenvalue weighted by Crippen LogP contribution is -2.17. The maximum Gasteiger partial charge on any atom is 0.115 e. The lowest BCUT2D eigenvalue weighted by molar-refractivity contribution is 0.570. The van der Waals surface area contributed by atoms with Gasteiger partial charge in [-0.2, -0.15) is 0 Å². The standard InChI is InChI=1S/C14H20BrNO/c1-13(2,3)10-7-9(15)8-11(12(10)16-17)14(4,5)6/h7-8H,1-6H3. The highest BCUT2D eigenvalue weighted by molar-refractivity contribution is 9.10. The lowest BCUT2D eigenvalue weighted by atomic mass is 9.79. The summed E-state index contributed by atoms with van der Waals surface area (Å²) in [6, 6.07) is 3.98. The summed E-state index contributed by atoms with van der Waals surface area (Å²) in [7, 11) is 0. The second-order valence-corrected chi connectivity index (χ2v) is 7.36. The van der Waals surface area contributed by atoms with Gasteiger partial charge in [-0.25, -0.2) is 0 Å². The normalized spacial score (nSPS) is 12.6. The van der Waals surface area contributed by atoms with E-state index in [4.69, 9.17) is 0 Å². The predicted molar refractivity (Wildman–Crippen MR) is 77.0 cm³/mol. The zero-order valence-corrected chi connectivity index (χ0v) is 13.0. The van der Waals surface area contributed by atoms with Crippen molar-refractivity contribution in [1.82, 2.24) is 0 Å². The van der Waals surface area contributed by atoms with Crippen LogP contribution in [0.15, 0.2) is 21.8 Å². The van der Waals surface area contributed by atoms with Gasteiger partial charge >= 0.3 is 0 Å². The van der Waals surface area contributed by atoms with E-state index in [2.05, 4.69) is 62.6 Å². The molecule has 2 nitrogen and oxygen atoms in total. The lowest BCUT2D eigenvalue weighted by Gasteiger charge is -2.27. The fraction of sp³-hybridized carbons (Fsp3) is 0.571. The second kappa shape index (κ2) is 4.52. The van der Waals surface area contributed by atoms with E-state index in [-0.39, 0.29) is 10.8 Å². The summed E-state index contributed by atoms with van der Waals surface area (Å²) in [6.07, 6.45) is 0. The maximum atomic E-state index is 11.2. The molecule has 0 fully saturated rings. The molecule has 0 aromatic heterocycles. The summed E-state index contributed by atoms with van der Waals surface area (Å²) in [5.41, 5.74) is 2.40. The van der Waals surface area contributed by atoms with Gasteiger partial charge in [-0.15, -0.1) is 4.91 Å². The van der Waals surface area contributed by atoms with Crippen LogP contribution in [0.3, 0.4) is 0 Å². The smallest absolute Gasteiger partial charge is 0.115 e. The Bertz CT molecular complexity index is 404. The van der Waals surface area contributed by atoms with E-state index in [1.54, 1.807) is 0 Å². The molecular weight excluding hydrogens is 278 g/mol. The number of benzene rings is 1. The van der Waals surface area contributed by atoms with Gasteiger partial charge in [0.25, 0.3) is 0 Å². The molecule has 0 heterocycles. The minimum absolute atomic E-state index is 0.0903. The van der Waals surface area contributed by atoms with Crippen molar-refractivity contribution >= 4 is 21.6 Å². The van der Waals surface area contributed by atoms with Gasteiger partial charge in [-0.1, -0.05) is 57.5 Å². The van der Waals surface area contributed by atoms with Crippen molar-refractivity contribution < 1.29 is 0 Å². The minimum atomic E-state index is -0.0903. The van der Waals surface area contributed by atoms with E-state index in [0.717, 1.165) is 15.6 Å². The number of hydrogen-bond acceptors (Lipinski definition) is 2. The molecule has 0 aliphatic heterocycles. The summed E-state index contributed by atoms with van der Waals surface area (Å²) in [6.45, 7) is 12.6. The molecule has 0 aliphatic rings. The molecule has 0 bridgehead atoms. The van der Waals surface area contributed by atoms with E-state index in [1.165, 1.54) is 0 Å². The first-order valence-electron chi connectivity index (χ1n) is 5.75. The van der Waals surface area contributed by atoms with Crippen LogP contribution < -0.4 is 0 Å². The molecule has 0 saturated heterocycles. The fourth-order valence-corrected chi connectivity index (χ4v) is 2.30. The van der Waals surface area contributed by atoms with E-state index in [1.807, 2.05) is 12.1 Å². The molecule has 0 radical (unpaired) electrons. The van der Waals surface area contributed by atoms with Crippen LogP contribution in [-0.4, -0.2) is 0 Å². The predicted octanol–water partition coefficient (Wildman–Crippen LogP) is 5.44. The Hall–Kier alpha value is -0.700. The number of hydrogen-bond donors (Lipinski definition) is 0. The van der Waals surface area contributed by atoms with Crippen LogP contribution in [0, 0.1) is 4.91 Å². The maximum absolute atomic E-state index is 11.2. The molecule has 1 aromatic carbocycles. The minimum Gasteiger partial charge on any atom is -0.145 e. The molecule has 1 aromatic rings. The SMILES string of the molecule is CC(C)(C)c1cc(Br)cc(C(C)(C)C)c1N=O. The van der Waals surface area contributed by atoms with Crippen molar-refractivity contribution in [3.63, 3.8) is 0 Å². The monoisotopic (exact) mass is 297 g/mol. The molecule has 17 heavy (non-hydrogen) atoms. The van der Waals surface area contributed by atoms with Gasteiger partial charge in [-0.05, 0) is 39.3 Å². The summed E-state index contributed by atoms with van der Waals surface area (Å²) in [5, 5.41) is 3.27.